The van der Waals surface area contributed by atoms with Crippen molar-refractivity contribution in [3.05, 3.63) is 23.8 Å². The van der Waals surface area contributed by atoms with Gasteiger partial charge in [0, 0.05) is 88.6 Å². The minimum Gasteiger partial charge on any atom is -0.506 e. The molecule has 560 valence electrons. The zero-order valence-electron chi connectivity index (χ0n) is 64.1. The summed E-state index contributed by atoms with van der Waals surface area (Å²) in [5.41, 5.74) is 17.5. The number of aliphatic hydroxyl groups excluding tert-OH is 2. The van der Waals surface area contributed by atoms with Gasteiger partial charge in [0.15, 0.2) is 0 Å². The Hall–Kier alpha value is -3.18. The summed E-state index contributed by atoms with van der Waals surface area (Å²) in [6.45, 7) is 49.9. The van der Waals surface area contributed by atoms with Crippen LogP contribution in [-0.4, -0.2) is 191 Å². The van der Waals surface area contributed by atoms with Gasteiger partial charge in [-0.3, -0.25) is 38.2 Å². The lowest BCUT2D eigenvalue weighted by Crippen LogP contribution is -2.59. The molecule has 2 heterocycles. The summed E-state index contributed by atoms with van der Waals surface area (Å²) in [5.74, 6) is 2.52. The van der Waals surface area contributed by atoms with E-state index in [0.29, 0.717) is 84.7 Å². The molecule has 96 heavy (non-hydrogen) atoms. The third kappa shape index (κ3) is 31.8. The molecular formula is C76H143N7O12S. The summed E-state index contributed by atoms with van der Waals surface area (Å²) < 4.78 is 44.9. The molecule has 20 heteroatoms. The van der Waals surface area contributed by atoms with E-state index in [0.717, 1.165) is 76.7 Å². The van der Waals surface area contributed by atoms with Crippen LogP contribution in [0.4, 0.5) is 5.69 Å². The SMILES string of the molecule is CC(C)N1CCN(C2CCC[C@H](C)[C@@H]2CC(=O)OC(C)(C)C)CC1.CC(C)N1CCN(C2CCC[C@H](C)[C@@H]2N)CC1.CCS(=O)(=O)O[C@@H]1CCC[C@H](C)[C@@H]1CC(=O)OC(C)(C)C.C[C@H]1CCC[C@@H](O)[C@H]1CC(=O)OC(C)(C)C.C[C@H]1CCC[C@@H](O)[C@H]1N.Cc1cccc(O)c1N. The predicted molar refractivity (Wildman–Crippen MR) is 391 cm³/mol. The highest BCUT2D eigenvalue weighted by Gasteiger charge is 2.40. The van der Waals surface area contributed by atoms with Crippen molar-refractivity contribution in [1.29, 1.82) is 0 Å². The van der Waals surface area contributed by atoms with Gasteiger partial charge in [0.25, 0.3) is 10.1 Å². The molecule has 5 aliphatic carbocycles. The van der Waals surface area contributed by atoms with Gasteiger partial charge in [-0.25, -0.2) is 0 Å². The topological polar surface area (TPSA) is 274 Å². The fourth-order valence-corrected chi connectivity index (χ4v) is 15.8. The molecule has 0 radical (unpaired) electrons. The lowest BCUT2D eigenvalue weighted by atomic mass is 9.74. The van der Waals surface area contributed by atoms with Gasteiger partial charge in [-0.2, -0.15) is 8.42 Å². The number of rotatable bonds is 13. The predicted octanol–water partition coefficient (Wildman–Crippen LogP) is 12.3. The number of nitrogen functional groups attached to an aromatic ring is 1. The number of piperazine rings is 2. The molecule has 0 spiro atoms. The van der Waals surface area contributed by atoms with E-state index in [1.807, 2.05) is 82.2 Å². The maximum atomic E-state index is 12.4. The molecule has 15 atom stereocenters. The molecule has 8 rings (SSSR count). The highest BCUT2D eigenvalue weighted by atomic mass is 32.2. The van der Waals surface area contributed by atoms with Gasteiger partial charge < -0.3 is 46.7 Å². The van der Waals surface area contributed by atoms with E-state index in [2.05, 4.69) is 75.0 Å². The lowest BCUT2D eigenvalue weighted by Gasteiger charge is -2.47. The number of anilines is 1. The number of phenols is 1. The number of hydrogen-bond acceptors (Lipinski definition) is 19. The molecule has 5 saturated carbocycles. The van der Waals surface area contributed by atoms with E-state index in [1.165, 1.54) is 71.1 Å². The molecule has 2 unspecified atom stereocenters. The van der Waals surface area contributed by atoms with Gasteiger partial charge >= 0.3 is 17.9 Å². The van der Waals surface area contributed by atoms with E-state index in [9.17, 15) is 33.0 Å². The smallest absolute Gasteiger partial charge is 0.306 e. The second kappa shape index (κ2) is 41.1. The molecular weight excluding hydrogens is 1230 g/mol. The first-order valence-corrected chi connectivity index (χ1v) is 39.0. The van der Waals surface area contributed by atoms with Crippen molar-refractivity contribution in [2.75, 3.05) is 63.8 Å². The van der Waals surface area contributed by atoms with Crippen LogP contribution in [0, 0.1) is 54.3 Å². The van der Waals surface area contributed by atoms with Crippen molar-refractivity contribution in [1.82, 2.24) is 19.6 Å². The summed E-state index contributed by atoms with van der Waals surface area (Å²) in [6.07, 6.45) is 16.7. The number of benzene rings is 1. The monoisotopic (exact) mass is 1380 g/mol. The first-order valence-electron chi connectivity index (χ1n) is 37.5. The Balaban J connectivity index is 0.000000309. The molecule has 2 saturated heterocycles. The Morgan fingerprint density at radius 2 is 0.885 bits per heavy atom. The third-order valence-electron chi connectivity index (χ3n) is 21.1. The van der Waals surface area contributed by atoms with Gasteiger partial charge in [-0.1, -0.05) is 98.1 Å². The standard InChI is InChI=1S/C20H38N2O2.C15H28O5S.C14H29N3.C13H24O3.C7H15NO.C7H9NO/c1-15(2)21-10-12-22(13-11-21)18-9-7-8-16(3)17(18)14-19(23)24-20(4,5)6;1-6-21(17,18)20-13-9-7-8-11(2)12(13)10-14(16)19-15(3,4)5;1-11(2)16-7-9-17(10-8-16)13-6-4-5-12(3)14(13)15;1-9-6-5-7-11(14)10(9)8-12(15)16-13(2,3)4;2*1-5-3-2-4-6(9)7(5)8/h15-18H,7-14H2,1-6H3;11-13H,6-10H2,1-5H3;11-14H,4-10,15H2,1-3H3;9-11,14H,5-8H2,1-4H3;5-7,9H,2-4,8H2,1H3;2-4,9H,8H2,1H3/t16-,17-,18?;11-,12-,13+;12-,13?,14-;9-,10-,11+;5-,6+,7-;/m00000./s1. The number of carbonyl (C=O) groups excluding carboxylic acids is 3. The summed E-state index contributed by atoms with van der Waals surface area (Å²) >= 11 is 0. The van der Waals surface area contributed by atoms with Gasteiger partial charge in [-0.05, 0) is 208 Å². The normalized spacial score (nSPS) is 30.6. The van der Waals surface area contributed by atoms with Crippen LogP contribution in [-0.2, 0) is 42.9 Å². The van der Waals surface area contributed by atoms with Crippen molar-refractivity contribution in [2.24, 2.45) is 58.8 Å². The number of para-hydroxylation sites is 1. The third-order valence-corrected chi connectivity index (χ3v) is 22.4. The van der Waals surface area contributed by atoms with Gasteiger partial charge in [0.05, 0.1) is 49.0 Å². The average molecular weight is 1380 g/mol. The van der Waals surface area contributed by atoms with Crippen molar-refractivity contribution < 1.29 is 56.5 Å². The van der Waals surface area contributed by atoms with Crippen molar-refractivity contribution in [2.45, 2.75) is 325 Å². The molecule has 1 aromatic rings. The Morgan fingerprint density at radius 1 is 0.521 bits per heavy atom. The van der Waals surface area contributed by atoms with E-state index in [4.69, 9.17) is 40.7 Å². The highest BCUT2D eigenvalue weighted by Crippen LogP contribution is 2.39. The summed E-state index contributed by atoms with van der Waals surface area (Å²) in [7, 11) is -3.50. The number of nitrogens with two attached hydrogens (primary N) is 3. The maximum absolute atomic E-state index is 12.4. The summed E-state index contributed by atoms with van der Waals surface area (Å²) in [4.78, 5) is 46.6. The quantitative estimate of drug-likeness (QED) is 0.0352. The molecule has 0 aromatic heterocycles. The van der Waals surface area contributed by atoms with Crippen LogP contribution in [0.1, 0.15) is 253 Å². The van der Waals surface area contributed by atoms with Gasteiger partial charge in [-0.15, -0.1) is 0 Å². The molecule has 19 nitrogen and oxygen atoms in total. The number of aromatic hydroxyl groups is 1. The van der Waals surface area contributed by atoms with E-state index in [1.54, 1.807) is 19.1 Å². The number of carbonyl (C=O) groups is 3. The Labute approximate surface area is 584 Å². The van der Waals surface area contributed by atoms with E-state index >= 15 is 0 Å². The van der Waals surface area contributed by atoms with Crippen molar-refractivity contribution in [3.63, 3.8) is 0 Å². The van der Waals surface area contributed by atoms with Crippen LogP contribution in [0.5, 0.6) is 5.75 Å². The van der Waals surface area contributed by atoms with Gasteiger partial charge in [0.2, 0.25) is 0 Å². The number of esters is 3. The second-order valence-corrected chi connectivity index (χ2v) is 35.0. The Kier molecular flexibility index (Phi) is 37.2. The molecule has 2 aliphatic heterocycles. The van der Waals surface area contributed by atoms with E-state index < -0.39 is 27.4 Å². The van der Waals surface area contributed by atoms with Gasteiger partial charge in [0.1, 0.15) is 22.6 Å². The Morgan fingerprint density at radius 3 is 1.28 bits per heavy atom. The van der Waals surface area contributed by atoms with Crippen LogP contribution in [0.25, 0.3) is 0 Å². The zero-order valence-corrected chi connectivity index (χ0v) is 64.9. The zero-order chi connectivity index (χ0) is 72.6. The van der Waals surface area contributed by atoms with Crippen LogP contribution >= 0.6 is 0 Å². The molecule has 7 fully saturated rings. The molecule has 0 amide bonds. The maximum Gasteiger partial charge on any atom is 0.306 e. The van der Waals surface area contributed by atoms with E-state index in [-0.39, 0.29) is 77.4 Å². The van der Waals surface area contributed by atoms with Crippen molar-refractivity contribution in [3.8, 4) is 5.75 Å². The molecule has 1 aromatic carbocycles. The first-order chi connectivity index (χ1) is 44.5. The number of aliphatic hydroxyl groups is 2. The fraction of sp³-hybridized carbons (Fsp3) is 0.882. The van der Waals surface area contributed by atoms with Crippen LogP contribution in [0.15, 0.2) is 18.2 Å². The fourth-order valence-electron chi connectivity index (χ4n) is 15.0. The summed E-state index contributed by atoms with van der Waals surface area (Å²) in [6, 6.07) is 8.14. The number of nitrogens with zero attached hydrogens (tertiary/aromatic N) is 4. The minimum atomic E-state index is -3.50. The van der Waals surface area contributed by atoms with Crippen LogP contribution in [0.2, 0.25) is 0 Å². The number of phenolic OH excluding ortho intramolecular Hbond substituents is 1. The number of hydrogen-bond donors (Lipinski definition) is 6. The minimum absolute atomic E-state index is 0.0212. The average Bonchev–Trinajstić information content (AvgIpc) is 0.832. The van der Waals surface area contributed by atoms with Crippen LogP contribution in [0.3, 0.4) is 0 Å². The lowest BCUT2D eigenvalue weighted by molar-refractivity contribution is -0.159. The number of aryl methyl sites for hydroxylation is 1. The van der Waals surface area contributed by atoms with Crippen LogP contribution < -0.4 is 17.2 Å². The highest BCUT2D eigenvalue weighted by molar-refractivity contribution is 7.86. The molecule has 0 bridgehead atoms. The molecule has 7 aliphatic rings. The number of ether oxygens (including phenoxy) is 3. The second-order valence-electron chi connectivity index (χ2n) is 33.1. The Bertz CT molecular complexity index is 2460. The molecule has 9 N–H and O–H groups in total. The summed E-state index contributed by atoms with van der Waals surface area (Å²) in [5, 5.41) is 28.1. The van der Waals surface area contributed by atoms with Crippen molar-refractivity contribution >= 4 is 33.7 Å². The first kappa shape index (κ1) is 87.0. The largest absolute Gasteiger partial charge is 0.506 e.